The third-order valence-corrected chi connectivity index (χ3v) is 6.59. The van der Waals surface area contributed by atoms with Crippen molar-refractivity contribution >= 4 is 39.8 Å². The Morgan fingerprint density at radius 3 is 2.66 bits per heavy atom. The zero-order valence-corrected chi connectivity index (χ0v) is 18.3. The number of anilines is 1. The normalized spacial score (nSPS) is 18.6. The lowest BCUT2D eigenvalue weighted by Crippen LogP contribution is -2.42. The van der Waals surface area contributed by atoms with Crippen molar-refractivity contribution in [2.24, 2.45) is 0 Å². The molecule has 0 atom stereocenters. The van der Waals surface area contributed by atoms with E-state index >= 15 is 0 Å². The maximum Gasteiger partial charge on any atom is 0.222 e. The third-order valence-electron chi connectivity index (χ3n) is 5.59. The minimum atomic E-state index is 0.252. The first kappa shape index (κ1) is 21.5. The van der Waals surface area contributed by atoms with Crippen LogP contribution in [0.4, 0.5) is 5.82 Å². The number of carbonyl (C=O) groups is 1. The van der Waals surface area contributed by atoms with Gasteiger partial charge in [-0.05, 0) is 38.7 Å². The fraction of sp³-hybridized carbons (Fsp3) is 0.571. The van der Waals surface area contributed by atoms with Crippen LogP contribution >= 0.6 is 11.8 Å². The van der Waals surface area contributed by atoms with Crippen molar-refractivity contribution in [3.8, 4) is 0 Å². The number of carbonyl (C=O) groups excluding carboxylic acids is 1. The molecule has 0 bridgehead atoms. The molecule has 0 saturated carbocycles. The van der Waals surface area contributed by atoms with E-state index in [4.69, 9.17) is 10.8 Å². The van der Waals surface area contributed by atoms with Crippen LogP contribution < -0.4 is 5.32 Å². The molecule has 1 amide bonds. The molecule has 2 aliphatic heterocycles. The monoisotopic (exact) mass is 414 g/mol. The van der Waals surface area contributed by atoms with Crippen molar-refractivity contribution in [1.82, 2.24) is 14.9 Å². The molecule has 1 fully saturated rings. The molecule has 0 spiro atoms. The van der Waals surface area contributed by atoms with Crippen LogP contribution in [0.5, 0.6) is 0 Å². The Hall–Kier alpha value is -2.22. The fourth-order valence-electron chi connectivity index (χ4n) is 3.70. The lowest BCUT2D eigenvalue weighted by molar-refractivity contribution is -0.132. The Morgan fingerprint density at radius 1 is 1.28 bits per heavy atom. The second-order valence-electron chi connectivity index (χ2n) is 7.71. The largest absolute Gasteiger partial charge is 0.366 e. The lowest BCUT2D eigenvalue weighted by Gasteiger charge is -2.33. The molecular weight excluding hydrogens is 384 g/mol. The predicted molar refractivity (Wildman–Crippen MR) is 119 cm³/mol. The van der Waals surface area contributed by atoms with Gasteiger partial charge >= 0.3 is 0 Å². The van der Waals surface area contributed by atoms with Crippen molar-refractivity contribution in [3.63, 3.8) is 0 Å². The molecule has 1 aromatic heterocycles. The Kier molecular flexibility index (Phi) is 7.05. The average Bonchev–Trinajstić information content (AvgIpc) is 3.04. The molecule has 1 saturated heterocycles. The number of allylic oxidation sites excluding steroid dienone is 1. The zero-order chi connectivity index (χ0) is 21.0. The third kappa shape index (κ3) is 4.86. The number of nitrogens with one attached hydrogen (secondary N) is 3. The summed E-state index contributed by atoms with van der Waals surface area (Å²) >= 11 is 1.35. The van der Waals surface area contributed by atoms with Gasteiger partial charge < -0.3 is 15.6 Å². The van der Waals surface area contributed by atoms with Crippen molar-refractivity contribution < 1.29 is 4.79 Å². The van der Waals surface area contributed by atoms with Crippen LogP contribution in [0.3, 0.4) is 0 Å². The van der Waals surface area contributed by atoms with Gasteiger partial charge in [0.15, 0.2) is 0 Å². The number of hydrogen-bond donors (Lipinski definition) is 3. The van der Waals surface area contributed by atoms with Crippen molar-refractivity contribution in [2.45, 2.75) is 70.2 Å². The van der Waals surface area contributed by atoms with E-state index < -0.39 is 0 Å². The van der Waals surface area contributed by atoms with Gasteiger partial charge in [0, 0.05) is 36.8 Å². The summed E-state index contributed by atoms with van der Waals surface area (Å²) in [5.41, 5.74) is 2.70. The molecule has 0 radical (unpaired) electrons. The second-order valence-corrected chi connectivity index (χ2v) is 8.73. The van der Waals surface area contributed by atoms with Gasteiger partial charge in [-0.2, -0.15) is 0 Å². The number of fused-ring (bicyclic) bond motifs is 1. The van der Waals surface area contributed by atoms with E-state index in [-0.39, 0.29) is 11.9 Å². The first-order valence-corrected chi connectivity index (χ1v) is 11.2. The maximum atomic E-state index is 12.3. The van der Waals surface area contributed by atoms with E-state index in [1.165, 1.54) is 18.1 Å². The Balaban J connectivity index is 1.65. The fourth-order valence-corrected chi connectivity index (χ4v) is 4.71. The first-order valence-electron chi connectivity index (χ1n) is 10.3. The van der Waals surface area contributed by atoms with Gasteiger partial charge in [-0.15, -0.1) is 0 Å². The highest BCUT2D eigenvalue weighted by molar-refractivity contribution is 8.15. The minimum Gasteiger partial charge on any atom is -0.366 e. The molecular formula is C21H30N6OS. The minimum absolute atomic E-state index is 0.252. The molecule has 3 heterocycles. The SMILES string of the molecule is CCCCCC(=O)N1CCC(Nc2ncnc3c2SC(=N)/C3=C(/C)C(C)=N)CC1. The van der Waals surface area contributed by atoms with E-state index in [0.717, 1.165) is 72.7 Å². The number of piperidine rings is 1. The predicted octanol–water partition coefficient (Wildman–Crippen LogP) is 4.36. The van der Waals surface area contributed by atoms with Crippen LogP contribution in [-0.2, 0) is 4.79 Å². The van der Waals surface area contributed by atoms with Gasteiger partial charge in [0.2, 0.25) is 5.91 Å². The van der Waals surface area contributed by atoms with E-state index in [9.17, 15) is 4.79 Å². The number of unbranched alkanes of at least 4 members (excludes halogenated alkanes) is 2. The molecule has 29 heavy (non-hydrogen) atoms. The first-order chi connectivity index (χ1) is 13.9. The van der Waals surface area contributed by atoms with Gasteiger partial charge in [-0.25, -0.2) is 9.97 Å². The number of rotatable bonds is 7. The van der Waals surface area contributed by atoms with Crippen LogP contribution in [0.2, 0.25) is 0 Å². The molecule has 7 nitrogen and oxygen atoms in total. The molecule has 156 valence electrons. The molecule has 2 aliphatic rings. The maximum absolute atomic E-state index is 12.3. The zero-order valence-electron chi connectivity index (χ0n) is 17.5. The van der Waals surface area contributed by atoms with E-state index in [1.54, 1.807) is 6.92 Å². The summed E-state index contributed by atoms with van der Waals surface area (Å²) in [6.07, 6.45) is 7.19. The molecule has 0 aromatic carbocycles. The second kappa shape index (κ2) is 9.52. The van der Waals surface area contributed by atoms with Crippen molar-refractivity contribution in [3.05, 3.63) is 17.6 Å². The standard InChI is InChI=1S/C21H30N6OS/c1-4-5-6-7-16(28)27-10-8-15(9-11-27)26-21-19-18(24-12-25-21)17(20(23)29-19)13(2)14(3)22/h12,15,22-23H,4-11H2,1-3H3,(H,24,25,26)/b17-13-,22-14?,23-20?. The summed E-state index contributed by atoms with van der Waals surface area (Å²) in [4.78, 5) is 24.0. The average molecular weight is 415 g/mol. The number of thioether (sulfide) groups is 1. The molecule has 8 heteroatoms. The number of hydrogen-bond acceptors (Lipinski definition) is 7. The summed E-state index contributed by atoms with van der Waals surface area (Å²) in [6.45, 7) is 7.30. The van der Waals surface area contributed by atoms with Crippen LogP contribution in [0.15, 0.2) is 16.8 Å². The van der Waals surface area contributed by atoms with Crippen molar-refractivity contribution in [2.75, 3.05) is 18.4 Å². The smallest absolute Gasteiger partial charge is 0.222 e. The van der Waals surface area contributed by atoms with Crippen LogP contribution in [0, 0.1) is 10.8 Å². The number of amides is 1. The molecule has 3 rings (SSSR count). The summed E-state index contributed by atoms with van der Waals surface area (Å²) in [7, 11) is 0. The summed E-state index contributed by atoms with van der Waals surface area (Å²) in [5, 5.41) is 20.2. The lowest BCUT2D eigenvalue weighted by atomic mass is 10.0. The van der Waals surface area contributed by atoms with Gasteiger partial charge in [-0.3, -0.25) is 10.2 Å². The Bertz CT molecular complexity index is 842. The summed E-state index contributed by atoms with van der Waals surface area (Å²) in [6, 6.07) is 0.252. The number of nitrogens with zero attached hydrogens (tertiary/aromatic N) is 3. The van der Waals surface area contributed by atoms with E-state index in [2.05, 4.69) is 22.2 Å². The highest BCUT2D eigenvalue weighted by Crippen LogP contribution is 2.44. The molecule has 0 unspecified atom stereocenters. The highest BCUT2D eigenvalue weighted by Gasteiger charge is 2.31. The quantitative estimate of drug-likeness (QED) is 0.454. The van der Waals surface area contributed by atoms with Gasteiger partial charge in [0.05, 0.1) is 10.6 Å². The van der Waals surface area contributed by atoms with Gasteiger partial charge in [0.25, 0.3) is 0 Å². The number of aromatic nitrogens is 2. The Labute approximate surface area is 176 Å². The van der Waals surface area contributed by atoms with Crippen LogP contribution in [0.1, 0.15) is 65.0 Å². The van der Waals surface area contributed by atoms with Gasteiger partial charge in [-0.1, -0.05) is 31.5 Å². The van der Waals surface area contributed by atoms with Crippen molar-refractivity contribution in [1.29, 1.82) is 10.8 Å². The van der Waals surface area contributed by atoms with E-state index in [0.29, 0.717) is 17.2 Å². The van der Waals surface area contributed by atoms with Crippen LogP contribution in [0.25, 0.3) is 5.57 Å². The molecule has 3 N–H and O–H groups in total. The molecule has 0 aliphatic carbocycles. The Morgan fingerprint density at radius 2 is 2.00 bits per heavy atom. The van der Waals surface area contributed by atoms with E-state index in [1.807, 2.05) is 11.8 Å². The summed E-state index contributed by atoms with van der Waals surface area (Å²) < 4.78 is 0. The van der Waals surface area contributed by atoms with Crippen LogP contribution in [-0.4, -0.2) is 50.7 Å². The molecule has 1 aromatic rings. The topological polar surface area (TPSA) is 106 Å². The highest BCUT2D eigenvalue weighted by atomic mass is 32.2. The number of likely N-dealkylation sites (tertiary alicyclic amines) is 1. The van der Waals surface area contributed by atoms with Gasteiger partial charge in [0.1, 0.15) is 17.2 Å². The summed E-state index contributed by atoms with van der Waals surface area (Å²) in [5.74, 6) is 1.03.